The standard InChI is InChI=1S/C15H24N6O7/c16-5-12(24)21-3-1-2-9(21)15(28)20-8(4-10(17)22)14(27)19-6-11(23)18-7-13(25)26/h8-9H,1-7,16H2,(H2,17,22)(H,18,23)(H,19,27)(H,20,28)(H,25,26)/t8-,9-/m0/s1. The highest BCUT2D eigenvalue weighted by Crippen LogP contribution is 2.17. The van der Waals surface area contributed by atoms with Crippen molar-refractivity contribution in [2.45, 2.75) is 31.3 Å². The van der Waals surface area contributed by atoms with Crippen LogP contribution in [-0.2, 0) is 28.8 Å². The number of nitrogens with two attached hydrogens (primary N) is 2. The van der Waals surface area contributed by atoms with E-state index in [1.54, 1.807) is 0 Å². The van der Waals surface area contributed by atoms with Crippen LogP contribution in [-0.4, -0.2) is 83.8 Å². The highest BCUT2D eigenvalue weighted by Gasteiger charge is 2.35. The minimum atomic E-state index is -1.35. The van der Waals surface area contributed by atoms with Crippen molar-refractivity contribution in [1.29, 1.82) is 0 Å². The number of primary amides is 1. The average Bonchev–Trinajstić information content (AvgIpc) is 3.12. The summed E-state index contributed by atoms with van der Waals surface area (Å²) in [4.78, 5) is 70.8. The molecule has 28 heavy (non-hydrogen) atoms. The molecular weight excluding hydrogens is 376 g/mol. The SMILES string of the molecule is NCC(=O)N1CCC[C@H]1C(=O)N[C@@H](CC(N)=O)C(=O)NCC(=O)NCC(=O)O. The quantitative estimate of drug-likeness (QED) is 0.210. The highest BCUT2D eigenvalue weighted by atomic mass is 16.4. The number of nitrogens with one attached hydrogen (secondary N) is 3. The Morgan fingerprint density at radius 2 is 1.79 bits per heavy atom. The number of carbonyl (C=O) groups excluding carboxylic acids is 5. The molecule has 0 aromatic rings. The van der Waals surface area contributed by atoms with Crippen LogP contribution in [0, 0.1) is 0 Å². The summed E-state index contributed by atoms with van der Waals surface area (Å²) in [7, 11) is 0. The zero-order chi connectivity index (χ0) is 21.3. The van der Waals surface area contributed by atoms with E-state index in [0.717, 1.165) is 0 Å². The zero-order valence-corrected chi connectivity index (χ0v) is 15.1. The van der Waals surface area contributed by atoms with Gasteiger partial charge in [0.25, 0.3) is 0 Å². The lowest BCUT2D eigenvalue weighted by atomic mass is 10.1. The Kier molecular flexibility index (Phi) is 8.81. The molecule has 0 aliphatic carbocycles. The van der Waals surface area contributed by atoms with Crippen LogP contribution in [0.1, 0.15) is 19.3 Å². The summed E-state index contributed by atoms with van der Waals surface area (Å²) in [6.07, 6.45) is 0.437. The second-order valence-electron chi connectivity index (χ2n) is 6.07. The number of nitrogens with zero attached hydrogens (tertiary/aromatic N) is 1. The second-order valence-corrected chi connectivity index (χ2v) is 6.07. The van der Waals surface area contributed by atoms with Crippen LogP contribution in [0.15, 0.2) is 0 Å². The van der Waals surface area contributed by atoms with E-state index in [4.69, 9.17) is 16.6 Å². The van der Waals surface area contributed by atoms with Crippen molar-refractivity contribution in [3.63, 3.8) is 0 Å². The highest BCUT2D eigenvalue weighted by molar-refractivity contribution is 5.96. The molecule has 1 saturated heterocycles. The molecule has 0 radical (unpaired) electrons. The number of amides is 5. The third-order valence-corrected chi connectivity index (χ3v) is 3.95. The lowest BCUT2D eigenvalue weighted by Gasteiger charge is -2.25. The molecule has 2 atom stereocenters. The summed E-state index contributed by atoms with van der Waals surface area (Å²) in [6, 6.07) is -2.18. The average molecular weight is 400 g/mol. The Balaban J connectivity index is 2.68. The van der Waals surface area contributed by atoms with Gasteiger partial charge in [-0.05, 0) is 12.8 Å². The molecule has 0 unspecified atom stereocenters. The van der Waals surface area contributed by atoms with Crippen LogP contribution >= 0.6 is 0 Å². The Morgan fingerprint density at radius 3 is 2.36 bits per heavy atom. The first kappa shape index (κ1) is 22.8. The van der Waals surface area contributed by atoms with Crippen molar-refractivity contribution < 1.29 is 33.9 Å². The normalized spacial score (nSPS) is 16.8. The van der Waals surface area contributed by atoms with Crippen LogP contribution in [0.4, 0.5) is 0 Å². The third-order valence-electron chi connectivity index (χ3n) is 3.95. The molecule has 0 bridgehead atoms. The fourth-order valence-corrected chi connectivity index (χ4v) is 2.66. The van der Waals surface area contributed by atoms with Gasteiger partial charge >= 0.3 is 5.97 Å². The molecule has 1 heterocycles. The van der Waals surface area contributed by atoms with Crippen molar-refractivity contribution in [2.24, 2.45) is 11.5 Å². The number of carbonyl (C=O) groups is 6. The van der Waals surface area contributed by atoms with E-state index in [9.17, 15) is 28.8 Å². The number of rotatable bonds is 10. The van der Waals surface area contributed by atoms with E-state index in [1.165, 1.54) is 4.90 Å². The summed E-state index contributed by atoms with van der Waals surface area (Å²) in [5.74, 6) is -4.80. The van der Waals surface area contributed by atoms with Crippen LogP contribution in [0.5, 0.6) is 0 Å². The van der Waals surface area contributed by atoms with Crippen molar-refractivity contribution >= 4 is 35.5 Å². The number of carboxylic acid groups (broad SMARTS) is 1. The van der Waals surface area contributed by atoms with Gasteiger partial charge in [-0.1, -0.05) is 0 Å². The minimum Gasteiger partial charge on any atom is -0.480 e. The van der Waals surface area contributed by atoms with Crippen molar-refractivity contribution in [3.8, 4) is 0 Å². The van der Waals surface area contributed by atoms with Gasteiger partial charge in [0, 0.05) is 6.54 Å². The van der Waals surface area contributed by atoms with Gasteiger partial charge in [0.15, 0.2) is 0 Å². The van der Waals surface area contributed by atoms with Crippen LogP contribution < -0.4 is 27.4 Å². The first-order valence-corrected chi connectivity index (χ1v) is 8.50. The van der Waals surface area contributed by atoms with Crippen molar-refractivity contribution in [1.82, 2.24) is 20.9 Å². The molecule has 13 heteroatoms. The Morgan fingerprint density at radius 1 is 1.11 bits per heavy atom. The number of hydrogen-bond acceptors (Lipinski definition) is 7. The summed E-state index contributed by atoms with van der Waals surface area (Å²) in [6.45, 7) is -1.09. The fourth-order valence-electron chi connectivity index (χ4n) is 2.66. The molecule has 0 aromatic heterocycles. The summed E-state index contributed by atoms with van der Waals surface area (Å²) in [5.41, 5.74) is 10.4. The maximum atomic E-state index is 12.5. The van der Waals surface area contributed by atoms with Gasteiger partial charge in [-0.25, -0.2) is 0 Å². The van der Waals surface area contributed by atoms with E-state index < -0.39 is 67.1 Å². The monoisotopic (exact) mass is 400 g/mol. The van der Waals surface area contributed by atoms with E-state index in [-0.39, 0.29) is 6.54 Å². The first-order valence-electron chi connectivity index (χ1n) is 8.50. The van der Waals surface area contributed by atoms with Crippen LogP contribution in [0.3, 0.4) is 0 Å². The molecule has 1 aliphatic heterocycles. The number of likely N-dealkylation sites (tertiary alicyclic amines) is 1. The molecule has 1 aliphatic rings. The molecule has 1 rings (SSSR count). The van der Waals surface area contributed by atoms with Crippen LogP contribution in [0.2, 0.25) is 0 Å². The second kappa shape index (κ2) is 10.8. The lowest BCUT2D eigenvalue weighted by molar-refractivity contribution is -0.139. The molecule has 8 N–H and O–H groups in total. The molecule has 0 aromatic carbocycles. The number of carboxylic acids is 1. The van der Waals surface area contributed by atoms with Gasteiger partial charge < -0.3 is 37.4 Å². The topological polar surface area (TPSA) is 214 Å². The third kappa shape index (κ3) is 7.19. The number of aliphatic carboxylic acids is 1. The van der Waals surface area contributed by atoms with Gasteiger partial charge in [-0.3, -0.25) is 28.8 Å². The summed E-state index contributed by atoms with van der Waals surface area (Å²) < 4.78 is 0. The van der Waals surface area contributed by atoms with E-state index in [0.29, 0.717) is 19.4 Å². The smallest absolute Gasteiger partial charge is 0.322 e. The minimum absolute atomic E-state index is 0.263. The summed E-state index contributed by atoms with van der Waals surface area (Å²) in [5, 5.41) is 15.1. The summed E-state index contributed by atoms with van der Waals surface area (Å²) >= 11 is 0. The van der Waals surface area contributed by atoms with Gasteiger partial charge in [0.1, 0.15) is 18.6 Å². The van der Waals surface area contributed by atoms with Crippen molar-refractivity contribution in [3.05, 3.63) is 0 Å². The van der Waals surface area contributed by atoms with E-state index in [2.05, 4.69) is 10.6 Å². The van der Waals surface area contributed by atoms with Crippen LogP contribution in [0.25, 0.3) is 0 Å². The molecule has 5 amide bonds. The first-order chi connectivity index (χ1) is 13.1. The Labute approximate surface area is 160 Å². The largest absolute Gasteiger partial charge is 0.480 e. The van der Waals surface area contributed by atoms with E-state index >= 15 is 0 Å². The molecule has 0 spiro atoms. The molecule has 13 nitrogen and oxygen atoms in total. The van der Waals surface area contributed by atoms with Gasteiger partial charge in [-0.15, -0.1) is 0 Å². The molecular formula is C15H24N6O7. The fraction of sp³-hybridized carbons (Fsp3) is 0.600. The number of hydrogen-bond donors (Lipinski definition) is 6. The zero-order valence-electron chi connectivity index (χ0n) is 15.1. The Hall–Kier alpha value is -3.22. The van der Waals surface area contributed by atoms with Gasteiger partial charge in [0.05, 0.1) is 19.5 Å². The van der Waals surface area contributed by atoms with Gasteiger partial charge in [0.2, 0.25) is 29.5 Å². The predicted molar refractivity (Wildman–Crippen MR) is 93.2 cm³/mol. The molecule has 0 saturated carbocycles. The lowest BCUT2D eigenvalue weighted by Crippen LogP contribution is -2.55. The molecule has 156 valence electrons. The predicted octanol–water partition coefficient (Wildman–Crippen LogP) is -4.39. The maximum absolute atomic E-state index is 12.5. The molecule has 1 fully saturated rings. The van der Waals surface area contributed by atoms with E-state index in [1.807, 2.05) is 5.32 Å². The Bertz CT molecular complexity index is 653. The maximum Gasteiger partial charge on any atom is 0.322 e. The van der Waals surface area contributed by atoms with Gasteiger partial charge in [-0.2, -0.15) is 0 Å². The van der Waals surface area contributed by atoms with Crippen molar-refractivity contribution in [2.75, 3.05) is 26.2 Å².